The van der Waals surface area contributed by atoms with E-state index in [9.17, 15) is 9.90 Å². The summed E-state index contributed by atoms with van der Waals surface area (Å²) in [4.78, 5) is 15.5. The number of aliphatic hydroxyl groups is 1. The first-order valence-electron chi connectivity index (χ1n) is 13.0. The van der Waals surface area contributed by atoms with Crippen molar-refractivity contribution in [2.45, 2.75) is 104 Å². The number of carbonyl (C=O) groups is 1. The third-order valence-electron chi connectivity index (χ3n) is 8.58. The Morgan fingerprint density at radius 3 is 2.31 bits per heavy atom. The Kier molecular flexibility index (Phi) is 18.0. The summed E-state index contributed by atoms with van der Waals surface area (Å²) in [6.45, 7) is 10.2. The van der Waals surface area contributed by atoms with Crippen LogP contribution in [0.2, 0.25) is 0 Å². The monoisotopic (exact) mass is 540 g/mol. The molecule has 8 nitrogen and oxygen atoms in total. The molecule has 1 aliphatic heterocycles. The molecular weight excluding hydrogens is 484 g/mol. The highest BCUT2D eigenvalue weighted by atomic mass is 35.5. The van der Waals surface area contributed by atoms with Crippen molar-refractivity contribution in [1.82, 2.24) is 10.2 Å². The number of likely N-dealkylation sites (tertiary alicyclic amines) is 1. The SMILES string of the molecule is C.COCC1CCCC(C(=O)N[C@@H](CN2CCC(C3CCC(Cl)CC3)C(C)(C)C2)[C@@H](C)O)C1.O.O.O. The molecule has 5 atom stereocenters. The summed E-state index contributed by atoms with van der Waals surface area (Å²) in [5, 5.41) is 14.1. The summed E-state index contributed by atoms with van der Waals surface area (Å²) < 4.78 is 5.32. The van der Waals surface area contributed by atoms with E-state index in [2.05, 4.69) is 24.1 Å². The largest absolute Gasteiger partial charge is 0.412 e. The number of rotatable bonds is 8. The number of hydrogen-bond donors (Lipinski definition) is 2. The number of ether oxygens (including phenoxy) is 1. The third kappa shape index (κ3) is 10.4. The smallest absolute Gasteiger partial charge is 0.223 e. The normalized spacial score (nSPS) is 31.8. The van der Waals surface area contributed by atoms with Gasteiger partial charge in [0, 0.05) is 38.1 Å². The van der Waals surface area contributed by atoms with Crippen LogP contribution in [0.1, 0.15) is 86.0 Å². The van der Waals surface area contributed by atoms with Gasteiger partial charge in [-0.25, -0.2) is 0 Å². The van der Waals surface area contributed by atoms with E-state index in [1.54, 1.807) is 7.11 Å². The van der Waals surface area contributed by atoms with Gasteiger partial charge in [0.15, 0.2) is 0 Å². The average molecular weight is 541 g/mol. The lowest BCUT2D eigenvalue weighted by Crippen LogP contribution is -2.55. The van der Waals surface area contributed by atoms with Gasteiger partial charge in [-0.05, 0) is 88.0 Å². The number of nitrogens with one attached hydrogen (secondary N) is 1. The quantitative estimate of drug-likeness (QED) is 0.453. The molecule has 0 aromatic heterocycles. The molecule has 1 amide bonds. The molecule has 1 saturated heterocycles. The maximum Gasteiger partial charge on any atom is 0.223 e. The number of halogens is 1. The number of carbonyl (C=O) groups excluding carboxylic acids is 1. The van der Waals surface area contributed by atoms with Gasteiger partial charge in [-0.15, -0.1) is 11.6 Å². The minimum Gasteiger partial charge on any atom is -0.412 e. The van der Waals surface area contributed by atoms with Crippen molar-refractivity contribution in [2.75, 3.05) is 33.4 Å². The molecule has 218 valence electrons. The molecule has 3 unspecified atom stereocenters. The highest BCUT2D eigenvalue weighted by molar-refractivity contribution is 6.20. The molecule has 3 aliphatic rings. The molecular formula is C27H57ClN2O6. The predicted octanol–water partition coefficient (Wildman–Crippen LogP) is 2.61. The molecule has 2 saturated carbocycles. The molecule has 0 bridgehead atoms. The standard InChI is InChI=1S/C26H47ClN2O3.CH4.3H2O/c1-18(30)24(28-25(31)21-7-5-6-19(14-21)16-32-4)15-29-13-12-23(26(2,3)17-29)20-8-10-22(27)11-9-20;;;;/h18-24,30H,5-17H2,1-4H3,(H,28,31);1H4;3*1H2/t18-,19?,20?,21?,22?,23?,24+;;;;/m1..../s1. The number of amides is 1. The maximum atomic E-state index is 13.0. The van der Waals surface area contributed by atoms with Crippen LogP contribution in [0.25, 0.3) is 0 Å². The van der Waals surface area contributed by atoms with E-state index < -0.39 is 6.10 Å². The number of methoxy groups -OCH3 is 1. The van der Waals surface area contributed by atoms with Gasteiger partial charge in [0.2, 0.25) is 5.91 Å². The number of piperidine rings is 1. The Labute approximate surface area is 224 Å². The zero-order valence-electron chi connectivity index (χ0n) is 22.3. The average Bonchev–Trinajstić information content (AvgIpc) is 2.74. The van der Waals surface area contributed by atoms with Gasteiger partial charge in [0.1, 0.15) is 0 Å². The second kappa shape index (κ2) is 17.2. The Balaban J connectivity index is 0. The van der Waals surface area contributed by atoms with Crippen molar-refractivity contribution in [1.29, 1.82) is 0 Å². The topological polar surface area (TPSA) is 156 Å². The van der Waals surface area contributed by atoms with Gasteiger partial charge >= 0.3 is 0 Å². The fourth-order valence-corrected chi connectivity index (χ4v) is 7.06. The number of nitrogens with zero attached hydrogens (tertiary/aromatic N) is 1. The minimum absolute atomic E-state index is 0. The van der Waals surface area contributed by atoms with Crippen LogP contribution in [0.15, 0.2) is 0 Å². The van der Waals surface area contributed by atoms with Gasteiger partial charge in [-0.2, -0.15) is 0 Å². The fraction of sp³-hybridized carbons (Fsp3) is 0.963. The zero-order chi connectivity index (χ0) is 23.3. The van der Waals surface area contributed by atoms with Gasteiger partial charge in [0.25, 0.3) is 0 Å². The molecule has 3 fully saturated rings. The first kappa shape index (κ1) is 37.7. The Bertz CT molecular complexity index is 599. The predicted molar refractivity (Wildman–Crippen MR) is 148 cm³/mol. The van der Waals surface area contributed by atoms with Gasteiger partial charge in [0.05, 0.1) is 12.1 Å². The van der Waals surface area contributed by atoms with E-state index in [0.717, 1.165) is 76.6 Å². The van der Waals surface area contributed by atoms with E-state index >= 15 is 0 Å². The highest BCUT2D eigenvalue weighted by Crippen LogP contribution is 2.45. The lowest BCUT2D eigenvalue weighted by atomic mass is 9.64. The van der Waals surface area contributed by atoms with Gasteiger partial charge in [-0.1, -0.05) is 27.7 Å². The van der Waals surface area contributed by atoms with E-state index in [1.807, 2.05) is 6.92 Å². The van der Waals surface area contributed by atoms with Crippen LogP contribution in [0, 0.1) is 29.1 Å². The molecule has 0 aromatic rings. The van der Waals surface area contributed by atoms with Crippen LogP contribution in [-0.4, -0.2) is 83.2 Å². The Morgan fingerprint density at radius 2 is 1.75 bits per heavy atom. The zero-order valence-corrected chi connectivity index (χ0v) is 23.1. The Hall–Kier alpha value is -0.480. The minimum atomic E-state index is -0.558. The second-order valence-electron chi connectivity index (χ2n) is 11.7. The number of hydrogen-bond acceptors (Lipinski definition) is 4. The van der Waals surface area contributed by atoms with E-state index in [-0.39, 0.29) is 47.1 Å². The third-order valence-corrected chi connectivity index (χ3v) is 9.02. The molecule has 9 heteroatoms. The van der Waals surface area contributed by atoms with Crippen molar-refractivity contribution in [3.05, 3.63) is 0 Å². The molecule has 1 heterocycles. The second-order valence-corrected chi connectivity index (χ2v) is 12.3. The van der Waals surface area contributed by atoms with E-state index in [1.165, 1.54) is 19.3 Å². The highest BCUT2D eigenvalue weighted by Gasteiger charge is 2.42. The van der Waals surface area contributed by atoms with Gasteiger partial charge in [-0.3, -0.25) is 4.79 Å². The lowest BCUT2D eigenvalue weighted by Gasteiger charge is -2.49. The molecule has 0 spiro atoms. The molecule has 36 heavy (non-hydrogen) atoms. The summed E-state index contributed by atoms with van der Waals surface area (Å²) in [6, 6.07) is -0.218. The van der Waals surface area contributed by atoms with Crippen LogP contribution < -0.4 is 5.32 Å². The Morgan fingerprint density at radius 1 is 1.11 bits per heavy atom. The van der Waals surface area contributed by atoms with E-state index in [4.69, 9.17) is 16.3 Å². The first-order valence-corrected chi connectivity index (χ1v) is 13.5. The summed E-state index contributed by atoms with van der Waals surface area (Å²) >= 11 is 6.35. The van der Waals surface area contributed by atoms with Crippen molar-refractivity contribution >= 4 is 17.5 Å². The summed E-state index contributed by atoms with van der Waals surface area (Å²) in [5.74, 6) is 2.17. The maximum absolute atomic E-state index is 13.0. The van der Waals surface area contributed by atoms with Crippen LogP contribution in [0.4, 0.5) is 0 Å². The van der Waals surface area contributed by atoms with Crippen molar-refractivity contribution < 1.29 is 31.1 Å². The van der Waals surface area contributed by atoms with Crippen LogP contribution in [-0.2, 0) is 9.53 Å². The van der Waals surface area contributed by atoms with Gasteiger partial charge < -0.3 is 36.5 Å². The molecule has 0 aromatic carbocycles. The molecule has 3 rings (SSSR count). The molecule has 0 radical (unpaired) electrons. The van der Waals surface area contributed by atoms with Crippen molar-refractivity contribution in [3.63, 3.8) is 0 Å². The first-order chi connectivity index (χ1) is 15.2. The summed E-state index contributed by atoms with van der Waals surface area (Å²) in [6.07, 6.45) is 9.56. The summed E-state index contributed by atoms with van der Waals surface area (Å²) in [5.41, 5.74) is 0.242. The van der Waals surface area contributed by atoms with Crippen molar-refractivity contribution in [3.8, 4) is 0 Å². The molecule has 2 aliphatic carbocycles. The number of alkyl halides is 1. The molecule has 8 N–H and O–H groups in total. The fourth-order valence-electron chi connectivity index (χ4n) is 6.81. The van der Waals surface area contributed by atoms with E-state index in [0.29, 0.717) is 11.3 Å². The summed E-state index contributed by atoms with van der Waals surface area (Å²) in [7, 11) is 1.74. The van der Waals surface area contributed by atoms with Crippen LogP contribution in [0.3, 0.4) is 0 Å². The van der Waals surface area contributed by atoms with Crippen molar-refractivity contribution in [2.24, 2.45) is 29.1 Å². The van der Waals surface area contributed by atoms with Crippen LogP contribution >= 0.6 is 11.6 Å². The lowest BCUT2D eigenvalue weighted by molar-refractivity contribution is -0.128. The number of aliphatic hydroxyl groups excluding tert-OH is 1. The van der Waals surface area contributed by atoms with Crippen LogP contribution in [0.5, 0.6) is 0 Å².